The number of methoxy groups -OCH3 is 1. The van der Waals surface area contributed by atoms with Crippen molar-refractivity contribution in [2.45, 2.75) is 30.7 Å². The molecule has 2 unspecified atom stereocenters. The Labute approximate surface area is 210 Å². The normalized spacial score (nSPS) is 20.1. The zero-order valence-corrected chi connectivity index (χ0v) is 21.3. The number of hydrogen-bond donors (Lipinski definition) is 3. The Balaban J connectivity index is 1.54. The maximum atomic E-state index is 13.4. The van der Waals surface area contributed by atoms with Crippen LogP contribution in [0.25, 0.3) is 6.08 Å². The molecule has 3 heterocycles. The molecule has 184 valence electrons. The van der Waals surface area contributed by atoms with Crippen molar-refractivity contribution in [2.75, 3.05) is 12.4 Å². The van der Waals surface area contributed by atoms with Crippen LogP contribution in [0.1, 0.15) is 35.0 Å². The van der Waals surface area contributed by atoms with Gasteiger partial charge in [0.25, 0.3) is 5.91 Å². The molecule has 3 aromatic rings. The lowest BCUT2D eigenvalue weighted by atomic mass is 9.94. The Morgan fingerprint density at radius 3 is 2.77 bits per heavy atom. The summed E-state index contributed by atoms with van der Waals surface area (Å²) in [6, 6.07) is 10.8. The van der Waals surface area contributed by atoms with Crippen LogP contribution in [0.4, 0.5) is 5.69 Å². The minimum atomic E-state index is -3.34. The molecule has 0 radical (unpaired) electrons. The second-order valence-corrected chi connectivity index (χ2v) is 10.8. The van der Waals surface area contributed by atoms with Crippen molar-refractivity contribution in [2.24, 2.45) is 13.0 Å². The molecule has 0 bridgehead atoms. The van der Waals surface area contributed by atoms with Gasteiger partial charge in [-0.2, -0.15) is 0 Å². The lowest BCUT2D eigenvalue weighted by Gasteiger charge is -2.22. The van der Waals surface area contributed by atoms with E-state index < -0.39 is 9.92 Å². The van der Waals surface area contributed by atoms with Gasteiger partial charge in [-0.15, -0.1) is 0 Å². The van der Waals surface area contributed by atoms with Crippen molar-refractivity contribution in [1.29, 1.82) is 4.78 Å². The number of ether oxygens (including phenoxy) is 1. The van der Waals surface area contributed by atoms with E-state index in [1.807, 2.05) is 30.3 Å². The molecule has 1 aromatic carbocycles. The van der Waals surface area contributed by atoms with E-state index in [0.29, 0.717) is 21.8 Å². The molecule has 3 atom stereocenters. The number of nitrogens with one attached hydrogen (secondary N) is 3. The van der Waals surface area contributed by atoms with Crippen molar-refractivity contribution in [1.82, 2.24) is 14.3 Å². The third-order valence-electron chi connectivity index (χ3n) is 6.13. The summed E-state index contributed by atoms with van der Waals surface area (Å²) < 4.78 is 31.9. The highest BCUT2D eigenvalue weighted by Crippen LogP contribution is 2.29. The summed E-state index contributed by atoms with van der Waals surface area (Å²) in [5.41, 5.74) is 2.47. The highest BCUT2D eigenvalue weighted by atomic mass is 35.5. The number of hydrogen-bond acceptors (Lipinski definition) is 5. The number of aromatic nitrogens is 2. The number of fused-ring (bicyclic) bond motifs is 1. The fourth-order valence-electron chi connectivity index (χ4n) is 4.13. The summed E-state index contributed by atoms with van der Waals surface area (Å²) in [5.74, 6) is 0.532. The molecular formula is C25H28ClN5O3S. The van der Waals surface area contributed by atoms with E-state index in [1.54, 1.807) is 43.1 Å². The van der Waals surface area contributed by atoms with E-state index >= 15 is 0 Å². The molecule has 0 spiro atoms. The van der Waals surface area contributed by atoms with Crippen LogP contribution in [0.3, 0.4) is 0 Å². The highest BCUT2D eigenvalue weighted by molar-refractivity contribution is 7.90. The van der Waals surface area contributed by atoms with Gasteiger partial charge in [-0.3, -0.25) is 4.79 Å². The van der Waals surface area contributed by atoms with Crippen molar-refractivity contribution in [3.63, 3.8) is 0 Å². The van der Waals surface area contributed by atoms with E-state index in [4.69, 9.17) is 21.1 Å². The van der Waals surface area contributed by atoms with Crippen molar-refractivity contribution < 1.29 is 13.7 Å². The maximum Gasteiger partial charge on any atom is 0.272 e. The average Bonchev–Trinajstić information content (AvgIpc) is 3.11. The van der Waals surface area contributed by atoms with Crippen LogP contribution >= 0.6 is 11.6 Å². The summed E-state index contributed by atoms with van der Waals surface area (Å²) in [5, 5.41) is 3.07. The van der Waals surface area contributed by atoms with Crippen molar-refractivity contribution >= 4 is 39.2 Å². The van der Waals surface area contributed by atoms with E-state index in [-0.39, 0.29) is 23.0 Å². The largest absolute Gasteiger partial charge is 0.497 e. The van der Waals surface area contributed by atoms with E-state index in [2.05, 4.69) is 21.9 Å². The molecule has 0 fully saturated rings. The van der Waals surface area contributed by atoms with Gasteiger partial charge in [-0.25, -0.2) is 18.7 Å². The molecule has 0 saturated heterocycles. The third-order valence-corrected chi connectivity index (χ3v) is 7.88. The van der Waals surface area contributed by atoms with Crippen LogP contribution in [0.2, 0.25) is 5.15 Å². The summed E-state index contributed by atoms with van der Waals surface area (Å²) in [4.78, 5) is 17.3. The molecular weight excluding hydrogens is 486 g/mol. The Kier molecular flexibility index (Phi) is 7.30. The van der Waals surface area contributed by atoms with Crippen LogP contribution in [0.15, 0.2) is 59.8 Å². The predicted molar refractivity (Wildman–Crippen MR) is 138 cm³/mol. The Morgan fingerprint density at radius 2 is 2.09 bits per heavy atom. The number of amides is 1. The van der Waals surface area contributed by atoms with E-state index in [0.717, 1.165) is 18.6 Å². The minimum absolute atomic E-state index is 0.105. The van der Waals surface area contributed by atoms with Gasteiger partial charge < -0.3 is 14.6 Å². The zero-order chi connectivity index (χ0) is 25.2. The van der Waals surface area contributed by atoms with E-state index in [9.17, 15) is 9.00 Å². The number of nitrogens with zero attached hydrogens (tertiary/aromatic N) is 2. The van der Waals surface area contributed by atoms with Crippen molar-refractivity contribution in [3.8, 4) is 5.75 Å². The van der Waals surface area contributed by atoms with Crippen LogP contribution in [-0.4, -0.2) is 32.8 Å². The summed E-state index contributed by atoms with van der Waals surface area (Å²) in [7, 11) is -0.00439. The molecule has 0 aliphatic carbocycles. The Bertz CT molecular complexity index is 1370. The Morgan fingerprint density at radius 1 is 1.34 bits per heavy atom. The van der Waals surface area contributed by atoms with Crippen molar-refractivity contribution in [3.05, 3.63) is 76.8 Å². The number of halogens is 1. The topological polar surface area (TPSA) is 109 Å². The second kappa shape index (κ2) is 10.2. The molecule has 1 amide bonds. The molecule has 4 rings (SSSR count). The molecule has 8 nitrogen and oxygen atoms in total. The van der Waals surface area contributed by atoms with Gasteiger partial charge >= 0.3 is 0 Å². The third kappa shape index (κ3) is 5.58. The first-order valence-electron chi connectivity index (χ1n) is 11.2. The van der Waals surface area contributed by atoms with Crippen LogP contribution in [0.5, 0.6) is 5.75 Å². The molecule has 0 saturated carbocycles. The fraction of sp³-hybridized carbons (Fsp3) is 0.280. The summed E-state index contributed by atoms with van der Waals surface area (Å²) in [6.07, 6.45) is 8.46. The summed E-state index contributed by atoms with van der Waals surface area (Å²) >= 11 is 5.93. The molecule has 1 aliphatic heterocycles. The number of carbonyl (C=O) groups excluding carboxylic acids is 1. The number of anilines is 1. The summed E-state index contributed by atoms with van der Waals surface area (Å²) in [6.45, 7) is 2.07. The molecule has 10 heteroatoms. The van der Waals surface area contributed by atoms with Gasteiger partial charge in [-0.05, 0) is 48.6 Å². The molecule has 1 aliphatic rings. The quantitative estimate of drug-likeness (QED) is 0.390. The average molecular weight is 514 g/mol. The SMILES string of the molecule is COc1ccc(CC[C@H](C)C2C=Cc3c(cn(C)c3C(=O)Nc3ccnc(Cl)c3)S(=N)(=O)N2)cc1. The fourth-order valence-corrected chi connectivity index (χ4v) is 5.90. The molecule has 2 aromatic heterocycles. The lowest BCUT2D eigenvalue weighted by Crippen LogP contribution is -2.36. The predicted octanol–water partition coefficient (Wildman–Crippen LogP) is 4.91. The highest BCUT2D eigenvalue weighted by Gasteiger charge is 2.30. The van der Waals surface area contributed by atoms with Gasteiger partial charge in [0.2, 0.25) is 0 Å². The van der Waals surface area contributed by atoms with Gasteiger partial charge in [-0.1, -0.05) is 42.8 Å². The standard InChI is InChI=1S/C25H28ClN5O3S/c1-16(4-5-17-6-8-19(34-3)9-7-17)21-11-10-20-22(35(27,33)30-21)15-31(2)24(20)25(32)29-18-12-13-28-23(26)14-18/h6-16,21H,4-5H2,1-3H3,(H2,27,30,33)(H,28,29,32)/t16-,21?,35?/m0/s1. The minimum Gasteiger partial charge on any atom is -0.497 e. The first kappa shape index (κ1) is 25.0. The van der Waals surface area contributed by atoms with Gasteiger partial charge in [0, 0.05) is 36.7 Å². The number of rotatable bonds is 7. The van der Waals surface area contributed by atoms with Crippen LogP contribution < -0.4 is 14.8 Å². The molecule has 3 N–H and O–H groups in total. The van der Waals surface area contributed by atoms with Crippen LogP contribution in [-0.2, 0) is 23.4 Å². The van der Waals surface area contributed by atoms with Crippen LogP contribution in [0, 0.1) is 10.7 Å². The second-order valence-electron chi connectivity index (χ2n) is 8.61. The van der Waals surface area contributed by atoms with Gasteiger partial charge in [0.1, 0.15) is 26.5 Å². The lowest BCUT2D eigenvalue weighted by molar-refractivity contribution is 0.101. The first-order valence-corrected chi connectivity index (χ1v) is 13.1. The smallest absolute Gasteiger partial charge is 0.272 e. The van der Waals surface area contributed by atoms with Gasteiger partial charge in [0.05, 0.1) is 12.0 Å². The number of carbonyl (C=O) groups is 1. The number of aryl methyl sites for hydroxylation is 2. The number of benzene rings is 1. The monoisotopic (exact) mass is 513 g/mol. The molecule has 35 heavy (non-hydrogen) atoms. The Hall–Kier alpha value is -3.14. The van der Waals surface area contributed by atoms with Gasteiger partial charge in [0.15, 0.2) is 0 Å². The number of pyridine rings is 1. The zero-order valence-electron chi connectivity index (χ0n) is 19.7. The maximum absolute atomic E-state index is 13.4. The first-order chi connectivity index (χ1) is 16.7. The van der Waals surface area contributed by atoms with E-state index in [1.165, 1.54) is 11.8 Å².